The molecule has 1 unspecified atom stereocenters. The van der Waals surface area contributed by atoms with Gasteiger partial charge >= 0.3 is 0 Å². The van der Waals surface area contributed by atoms with Gasteiger partial charge < -0.3 is 10.2 Å². The maximum Gasteiger partial charge on any atom is 0.155 e. The fourth-order valence-corrected chi connectivity index (χ4v) is 6.74. The second-order valence-electron chi connectivity index (χ2n) is 8.57. The van der Waals surface area contributed by atoms with Crippen molar-refractivity contribution in [2.45, 2.75) is 57.5 Å². The molecule has 24 heavy (non-hydrogen) atoms. The highest BCUT2D eigenvalue weighted by molar-refractivity contribution is 6.30. The minimum Gasteiger partial charge on any atom is -0.393 e. The number of allylic oxidation sites excluding steroid dienone is 3. The lowest BCUT2D eigenvalue weighted by molar-refractivity contribution is -0.158. The number of ketones is 1. The van der Waals surface area contributed by atoms with Gasteiger partial charge in [0.1, 0.15) is 5.60 Å². The van der Waals surface area contributed by atoms with Crippen LogP contribution in [0.5, 0.6) is 0 Å². The number of halogens is 1. The average Bonchev–Trinajstić information content (AvgIpc) is 2.58. The number of aliphatic hydroxyl groups is 2. The van der Waals surface area contributed by atoms with E-state index >= 15 is 0 Å². The first-order chi connectivity index (χ1) is 11.4. The Hall–Kier alpha value is -0.640. The molecule has 6 atom stereocenters. The van der Waals surface area contributed by atoms with E-state index in [-0.39, 0.29) is 12.0 Å². The molecule has 4 aliphatic rings. The van der Waals surface area contributed by atoms with E-state index < -0.39 is 5.60 Å². The molecule has 0 aromatic rings. The van der Waals surface area contributed by atoms with E-state index in [0.717, 1.165) is 38.5 Å². The van der Waals surface area contributed by atoms with Gasteiger partial charge in [0.15, 0.2) is 5.78 Å². The number of carbonyl (C=O) groups is 1. The van der Waals surface area contributed by atoms with Crippen molar-refractivity contribution in [2.75, 3.05) is 6.61 Å². The second-order valence-corrected chi connectivity index (χ2v) is 8.97. The summed E-state index contributed by atoms with van der Waals surface area (Å²) >= 11 is 6.34. The largest absolute Gasteiger partial charge is 0.393 e. The number of carbonyl (C=O) groups excluding carboxylic acids is 1. The van der Waals surface area contributed by atoms with Crippen molar-refractivity contribution in [2.24, 2.45) is 29.1 Å². The van der Waals surface area contributed by atoms with Gasteiger partial charge in [0.05, 0.1) is 6.61 Å². The van der Waals surface area contributed by atoms with Gasteiger partial charge in [-0.15, -0.1) is 0 Å². The zero-order valence-corrected chi connectivity index (χ0v) is 15.1. The topological polar surface area (TPSA) is 57.5 Å². The van der Waals surface area contributed by atoms with Crippen LogP contribution in [-0.4, -0.2) is 28.2 Å². The summed E-state index contributed by atoms with van der Waals surface area (Å²) in [6, 6.07) is 0. The predicted molar refractivity (Wildman–Crippen MR) is 93.4 cm³/mol. The first-order valence-corrected chi connectivity index (χ1v) is 9.71. The molecule has 2 fully saturated rings. The smallest absolute Gasteiger partial charge is 0.155 e. The highest BCUT2D eigenvalue weighted by Gasteiger charge is 2.60. The molecule has 0 heterocycles. The summed E-state index contributed by atoms with van der Waals surface area (Å²) in [6.45, 7) is 1.81. The zero-order chi connectivity index (χ0) is 17.1. The van der Waals surface area contributed by atoms with Gasteiger partial charge in [-0.25, -0.2) is 0 Å². The Bertz CT molecular complexity index is 624. The minimum atomic E-state index is -1.30. The Morgan fingerprint density at radius 2 is 2.04 bits per heavy atom. The molecule has 0 saturated heterocycles. The summed E-state index contributed by atoms with van der Waals surface area (Å²) in [5, 5.41) is 21.5. The summed E-state index contributed by atoms with van der Waals surface area (Å²) in [4.78, 5) is 11.8. The molecule has 0 bridgehead atoms. The normalized spacial score (nSPS) is 47.9. The van der Waals surface area contributed by atoms with Gasteiger partial charge in [-0.3, -0.25) is 4.79 Å². The molecule has 4 heteroatoms. The number of rotatable bonds is 1. The Kier molecular flexibility index (Phi) is 3.98. The fraction of sp³-hybridized carbons (Fsp3) is 0.750. The summed E-state index contributed by atoms with van der Waals surface area (Å²) in [7, 11) is 0. The summed E-state index contributed by atoms with van der Waals surface area (Å²) in [5.41, 5.74) is -0.292. The van der Waals surface area contributed by atoms with Crippen molar-refractivity contribution in [3.8, 4) is 0 Å². The van der Waals surface area contributed by atoms with Crippen molar-refractivity contribution in [3.63, 3.8) is 0 Å². The Morgan fingerprint density at radius 1 is 1.25 bits per heavy atom. The minimum absolute atomic E-state index is 0.294. The molecule has 4 rings (SSSR count). The first-order valence-electron chi connectivity index (χ1n) is 9.33. The van der Waals surface area contributed by atoms with Crippen LogP contribution in [0.3, 0.4) is 0 Å². The molecular formula is C20H27ClO3. The maximum absolute atomic E-state index is 11.8. The van der Waals surface area contributed by atoms with E-state index in [1.807, 2.05) is 12.2 Å². The molecule has 2 N–H and O–H groups in total. The van der Waals surface area contributed by atoms with Crippen molar-refractivity contribution in [1.82, 2.24) is 0 Å². The number of aliphatic hydroxyl groups excluding tert-OH is 1. The van der Waals surface area contributed by atoms with E-state index in [1.165, 1.54) is 5.57 Å². The van der Waals surface area contributed by atoms with Crippen LogP contribution in [0.25, 0.3) is 0 Å². The van der Waals surface area contributed by atoms with Crippen LogP contribution in [0.1, 0.15) is 51.9 Å². The van der Waals surface area contributed by atoms with E-state index in [0.29, 0.717) is 40.9 Å². The third kappa shape index (κ3) is 2.14. The Morgan fingerprint density at radius 3 is 2.79 bits per heavy atom. The second kappa shape index (κ2) is 5.69. The highest BCUT2D eigenvalue weighted by Crippen LogP contribution is 2.63. The lowest BCUT2D eigenvalue weighted by Crippen LogP contribution is -2.61. The van der Waals surface area contributed by atoms with Crippen molar-refractivity contribution in [3.05, 3.63) is 22.8 Å². The molecule has 132 valence electrons. The molecule has 3 nitrogen and oxygen atoms in total. The Labute approximate surface area is 148 Å². The van der Waals surface area contributed by atoms with Crippen LogP contribution in [0.4, 0.5) is 0 Å². The zero-order valence-electron chi connectivity index (χ0n) is 14.3. The van der Waals surface area contributed by atoms with Gasteiger partial charge in [-0.05, 0) is 68.3 Å². The summed E-state index contributed by atoms with van der Waals surface area (Å²) < 4.78 is 0. The van der Waals surface area contributed by atoms with Gasteiger partial charge in [-0.1, -0.05) is 30.2 Å². The third-order valence-corrected chi connectivity index (χ3v) is 8.28. The van der Waals surface area contributed by atoms with Crippen LogP contribution in [0.15, 0.2) is 22.8 Å². The Balaban J connectivity index is 1.68. The number of hydrogen-bond donors (Lipinski definition) is 2. The third-order valence-electron chi connectivity index (χ3n) is 7.81. The number of hydrogen-bond acceptors (Lipinski definition) is 3. The quantitative estimate of drug-likeness (QED) is 0.759. The van der Waals surface area contributed by atoms with Crippen LogP contribution in [0.2, 0.25) is 0 Å². The lowest BCUT2D eigenvalue weighted by atomic mass is 9.46. The van der Waals surface area contributed by atoms with Gasteiger partial charge in [-0.2, -0.15) is 0 Å². The number of fused-ring (bicyclic) bond motifs is 5. The molecule has 4 aliphatic carbocycles. The highest BCUT2D eigenvalue weighted by atomic mass is 35.5. The molecule has 0 aliphatic heterocycles. The van der Waals surface area contributed by atoms with E-state index in [1.54, 1.807) is 0 Å². The lowest BCUT2D eigenvalue weighted by Gasteiger charge is -2.60. The van der Waals surface area contributed by atoms with E-state index in [2.05, 4.69) is 6.92 Å². The average molecular weight is 351 g/mol. The molecule has 0 spiro atoms. The van der Waals surface area contributed by atoms with Gasteiger partial charge in [0.25, 0.3) is 0 Å². The van der Waals surface area contributed by atoms with Crippen LogP contribution in [0, 0.1) is 29.1 Å². The standard InChI is InChI=1S/C20H27ClO3/c1-19-9-8-15-14-5-3-13(23)10-12(14)2-4-16(15)17(19)6-7-18(21)20(19,24)11-22/h7,10,14-17,22,24H,2-6,8-9,11H2,1H3/t14-,15+,16+,17-,19-,20?/m0/s1. The van der Waals surface area contributed by atoms with Crippen LogP contribution in [-0.2, 0) is 4.79 Å². The van der Waals surface area contributed by atoms with Crippen molar-refractivity contribution < 1.29 is 15.0 Å². The van der Waals surface area contributed by atoms with Crippen LogP contribution >= 0.6 is 11.6 Å². The summed E-state index contributed by atoms with van der Waals surface area (Å²) in [5.74, 6) is 2.37. The SMILES string of the molecule is C[C@]12CC[C@H]3[C@@H](CCC4=CC(=O)CC[C@@H]43)[C@@H]1CC=C(Cl)C2(O)CO. The molecule has 0 radical (unpaired) electrons. The van der Waals surface area contributed by atoms with Gasteiger partial charge in [0.2, 0.25) is 0 Å². The molecule has 0 amide bonds. The maximum atomic E-state index is 11.8. The fourth-order valence-electron chi connectivity index (χ4n) is 6.38. The molecule has 0 aromatic heterocycles. The monoisotopic (exact) mass is 350 g/mol. The molecule has 2 saturated carbocycles. The summed E-state index contributed by atoms with van der Waals surface area (Å²) in [6.07, 6.45) is 10.5. The molecule has 0 aromatic carbocycles. The predicted octanol–water partition coefficient (Wildman–Crippen LogP) is 3.58. The van der Waals surface area contributed by atoms with Crippen LogP contribution < -0.4 is 0 Å². The van der Waals surface area contributed by atoms with E-state index in [9.17, 15) is 15.0 Å². The first kappa shape index (κ1) is 16.8. The molecular weight excluding hydrogens is 324 g/mol. The van der Waals surface area contributed by atoms with Gasteiger partial charge in [0, 0.05) is 16.9 Å². The van der Waals surface area contributed by atoms with Crippen molar-refractivity contribution in [1.29, 1.82) is 0 Å². The van der Waals surface area contributed by atoms with E-state index in [4.69, 9.17) is 11.6 Å². The van der Waals surface area contributed by atoms with Crippen molar-refractivity contribution >= 4 is 17.4 Å².